The fraction of sp³-hybridized carbons (Fsp3) is 0.533. The number of carbonyl (C=O) groups excluding carboxylic acids is 1. The van der Waals surface area contributed by atoms with Crippen LogP contribution in [0.4, 0.5) is 0 Å². The molecule has 140 valence electrons. The van der Waals surface area contributed by atoms with Crippen molar-refractivity contribution >= 4 is 25.8 Å². The number of hydrogen-bond donors (Lipinski definition) is 1. The van der Waals surface area contributed by atoms with Gasteiger partial charge in [-0.1, -0.05) is 12.1 Å². The van der Waals surface area contributed by atoms with Crippen LogP contribution in [0, 0.1) is 0 Å². The lowest BCUT2D eigenvalue weighted by molar-refractivity contribution is -0.119. The molecule has 1 aliphatic heterocycles. The van der Waals surface area contributed by atoms with Crippen LogP contribution in [-0.2, 0) is 31.2 Å². The van der Waals surface area contributed by atoms with E-state index in [0.717, 1.165) is 9.98 Å². The van der Waals surface area contributed by atoms with Crippen molar-refractivity contribution in [3.63, 3.8) is 0 Å². The van der Waals surface area contributed by atoms with Crippen molar-refractivity contribution < 1.29 is 21.6 Å². The van der Waals surface area contributed by atoms with Gasteiger partial charge in [-0.2, -0.15) is 0 Å². The van der Waals surface area contributed by atoms with Crippen molar-refractivity contribution in [1.29, 1.82) is 0 Å². The van der Waals surface area contributed by atoms with Gasteiger partial charge < -0.3 is 5.32 Å². The number of nitrogens with one attached hydrogen (secondary N) is 1. The number of hydrazine groups is 1. The summed E-state index contributed by atoms with van der Waals surface area (Å²) in [5, 5.41) is 4.05. The molecule has 1 aromatic rings. The number of amides is 1. The lowest BCUT2D eigenvalue weighted by atomic mass is 10.2. The first-order valence-corrected chi connectivity index (χ1v) is 11.0. The molecule has 0 bridgehead atoms. The molecule has 0 aromatic heterocycles. The van der Waals surface area contributed by atoms with E-state index in [4.69, 9.17) is 0 Å². The Morgan fingerprint density at radius 1 is 1.24 bits per heavy atom. The molecule has 1 atom stereocenters. The second kappa shape index (κ2) is 7.40. The second-order valence-corrected chi connectivity index (χ2v) is 10.3. The van der Waals surface area contributed by atoms with Gasteiger partial charge in [0, 0.05) is 27.6 Å². The lowest BCUT2D eigenvalue weighted by Crippen LogP contribution is -2.49. The molecule has 1 amide bonds. The Kier molecular flexibility index (Phi) is 5.87. The van der Waals surface area contributed by atoms with E-state index in [-0.39, 0.29) is 28.7 Å². The van der Waals surface area contributed by atoms with Crippen molar-refractivity contribution in [2.75, 3.05) is 25.6 Å². The Hall–Kier alpha value is -1.49. The number of sulfonamides is 1. The van der Waals surface area contributed by atoms with E-state index in [1.807, 2.05) is 0 Å². The largest absolute Gasteiger partial charge is 0.352 e. The normalized spacial score (nSPS) is 20.1. The minimum Gasteiger partial charge on any atom is -0.352 e. The molecule has 0 aliphatic carbocycles. The standard InChI is InChI=1S/C15H23N3O5S2/c1-12(19)16-10-13-4-6-15(7-5-13)25(22,23)18(17(2)3)14-8-9-24(20,21)11-14/h4-7,14H,8-11H2,1-3H3,(H,16,19)/t14-/m1/s1. The van der Waals surface area contributed by atoms with Gasteiger partial charge in [-0.3, -0.25) is 4.79 Å². The fourth-order valence-corrected chi connectivity index (χ4v) is 6.29. The molecule has 10 heteroatoms. The first kappa shape index (κ1) is 19.8. The molecule has 1 heterocycles. The maximum Gasteiger partial charge on any atom is 0.256 e. The molecule has 0 spiro atoms. The van der Waals surface area contributed by atoms with E-state index >= 15 is 0 Å². The highest BCUT2D eigenvalue weighted by atomic mass is 32.2. The molecule has 0 unspecified atom stereocenters. The van der Waals surface area contributed by atoms with Gasteiger partial charge in [-0.05, 0) is 24.1 Å². The number of carbonyl (C=O) groups is 1. The number of rotatable bonds is 6. The maximum atomic E-state index is 13.0. The molecular weight excluding hydrogens is 366 g/mol. The van der Waals surface area contributed by atoms with E-state index in [2.05, 4.69) is 5.32 Å². The summed E-state index contributed by atoms with van der Waals surface area (Å²) >= 11 is 0. The van der Waals surface area contributed by atoms with Crippen LogP contribution in [0.1, 0.15) is 18.9 Å². The Bertz CT molecular complexity index is 832. The van der Waals surface area contributed by atoms with E-state index < -0.39 is 25.9 Å². The molecular formula is C15H23N3O5S2. The molecule has 0 saturated carbocycles. The Labute approximate surface area is 148 Å². The SMILES string of the molecule is CC(=O)NCc1ccc(S(=O)(=O)N([C@@H]2CCS(=O)(=O)C2)N(C)C)cc1. The highest BCUT2D eigenvalue weighted by Crippen LogP contribution is 2.26. The van der Waals surface area contributed by atoms with Gasteiger partial charge in [0.25, 0.3) is 10.0 Å². The zero-order valence-electron chi connectivity index (χ0n) is 14.5. The summed E-state index contributed by atoms with van der Waals surface area (Å²) in [6.07, 6.45) is 0.278. The minimum absolute atomic E-state index is 0.00677. The van der Waals surface area contributed by atoms with Crippen molar-refractivity contribution in [3.8, 4) is 0 Å². The molecule has 8 nitrogen and oxygen atoms in total. The van der Waals surface area contributed by atoms with Gasteiger partial charge in [-0.25, -0.2) is 21.8 Å². The Morgan fingerprint density at radius 2 is 1.84 bits per heavy atom. The Morgan fingerprint density at radius 3 is 2.28 bits per heavy atom. The molecule has 25 heavy (non-hydrogen) atoms. The third-order valence-electron chi connectivity index (χ3n) is 3.92. The van der Waals surface area contributed by atoms with Crippen LogP contribution in [0.3, 0.4) is 0 Å². The van der Waals surface area contributed by atoms with Crippen LogP contribution in [-0.4, -0.2) is 63.8 Å². The van der Waals surface area contributed by atoms with Gasteiger partial charge in [0.05, 0.1) is 22.4 Å². The Balaban J connectivity index is 2.26. The first-order chi connectivity index (χ1) is 11.5. The molecule has 1 aromatic carbocycles. The number of nitrogens with zero attached hydrogens (tertiary/aromatic N) is 2. The van der Waals surface area contributed by atoms with Gasteiger partial charge in [0.2, 0.25) is 5.91 Å². The summed E-state index contributed by atoms with van der Waals surface area (Å²) < 4.78 is 50.5. The summed E-state index contributed by atoms with van der Waals surface area (Å²) in [5.41, 5.74) is 0.772. The van der Waals surface area contributed by atoms with Gasteiger partial charge in [0.15, 0.2) is 9.84 Å². The van der Waals surface area contributed by atoms with Crippen molar-refractivity contribution in [2.45, 2.75) is 30.8 Å². The summed E-state index contributed by atoms with van der Waals surface area (Å²) in [7, 11) is -3.93. The molecule has 1 fully saturated rings. The van der Waals surface area contributed by atoms with Crippen molar-refractivity contribution in [1.82, 2.24) is 14.7 Å². The fourth-order valence-electron chi connectivity index (χ4n) is 2.80. The summed E-state index contributed by atoms with van der Waals surface area (Å²) in [6, 6.07) is 5.58. The third kappa shape index (κ3) is 4.78. The number of benzene rings is 1. The van der Waals surface area contributed by atoms with Crippen LogP contribution in [0.15, 0.2) is 29.2 Å². The van der Waals surface area contributed by atoms with E-state index in [9.17, 15) is 21.6 Å². The zero-order chi connectivity index (χ0) is 18.8. The molecule has 1 N–H and O–H groups in total. The minimum atomic E-state index is -3.87. The van der Waals surface area contributed by atoms with Crippen LogP contribution >= 0.6 is 0 Å². The lowest BCUT2D eigenvalue weighted by Gasteiger charge is -2.32. The second-order valence-electron chi connectivity index (χ2n) is 6.24. The summed E-state index contributed by atoms with van der Waals surface area (Å²) in [6.45, 7) is 1.72. The van der Waals surface area contributed by atoms with Crippen molar-refractivity contribution in [3.05, 3.63) is 29.8 Å². The highest BCUT2D eigenvalue weighted by Gasteiger charge is 2.40. The van der Waals surface area contributed by atoms with Gasteiger partial charge in [-0.15, -0.1) is 4.41 Å². The molecule has 1 aliphatic rings. The third-order valence-corrected chi connectivity index (χ3v) is 7.66. The average Bonchev–Trinajstić information content (AvgIpc) is 2.84. The summed E-state index contributed by atoms with van der Waals surface area (Å²) in [4.78, 5) is 11.0. The number of hydrogen-bond acceptors (Lipinski definition) is 6. The predicted molar refractivity (Wildman–Crippen MR) is 93.7 cm³/mol. The maximum absolute atomic E-state index is 13.0. The van der Waals surface area contributed by atoms with Crippen LogP contribution in [0.25, 0.3) is 0 Å². The van der Waals surface area contributed by atoms with E-state index in [1.54, 1.807) is 26.2 Å². The van der Waals surface area contributed by atoms with Crippen LogP contribution < -0.4 is 5.32 Å². The van der Waals surface area contributed by atoms with E-state index in [0.29, 0.717) is 6.54 Å². The number of sulfone groups is 1. The van der Waals surface area contributed by atoms with Crippen LogP contribution in [0.5, 0.6) is 0 Å². The topological polar surface area (TPSA) is 104 Å². The first-order valence-electron chi connectivity index (χ1n) is 7.78. The zero-order valence-corrected chi connectivity index (χ0v) is 16.1. The predicted octanol–water partition coefficient (Wildman–Crippen LogP) is -0.0229. The monoisotopic (exact) mass is 389 g/mol. The smallest absolute Gasteiger partial charge is 0.256 e. The summed E-state index contributed by atoms with van der Waals surface area (Å²) in [5.74, 6) is -0.351. The molecule has 1 saturated heterocycles. The average molecular weight is 389 g/mol. The van der Waals surface area contributed by atoms with Gasteiger partial charge >= 0.3 is 0 Å². The molecule has 2 rings (SSSR count). The van der Waals surface area contributed by atoms with Crippen LogP contribution in [0.2, 0.25) is 0 Å². The highest BCUT2D eigenvalue weighted by molar-refractivity contribution is 7.92. The molecule has 0 radical (unpaired) electrons. The van der Waals surface area contributed by atoms with Crippen molar-refractivity contribution in [2.24, 2.45) is 0 Å². The quantitative estimate of drug-likeness (QED) is 0.686. The van der Waals surface area contributed by atoms with Gasteiger partial charge in [0.1, 0.15) is 0 Å². The van der Waals surface area contributed by atoms with E-state index in [1.165, 1.54) is 24.1 Å².